The molecule has 0 aromatic heterocycles. The number of halogens is 1. The molecule has 2 aromatic rings. The van der Waals surface area contributed by atoms with E-state index in [4.69, 9.17) is 9.47 Å². The standard InChI is InChI=1S/C22H27FN2O4/c1-16(26)17-3-8-21(22(13-17)28-2)29-15-20(27)14-24-9-11-25(12-10-24)19-6-4-18(23)5-7-19/h3-8,13,20,27H,9-12,14-15H2,1-2H3. The summed E-state index contributed by atoms with van der Waals surface area (Å²) in [6.07, 6.45) is -0.649. The van der Waals surface area contributed by atoms with Gasteiger partial charge in [-0.15, -0.1) is 0 Å². The smallest absolute Gasteiger partial charge is 0.161 e. The molecular formula is C22H27FN2O4. The van der Waals surface area contributed by atoms with E-state index >= 15 is 0 Å². The first-order valence-corrected chi connectivity index (χ1v) is 9.69. The number of carbonyl (C=O) groups excluding carboxylic acids is 1. The second-order valence-electron chi connectivity index (χ2n) is 7.15. The molecule has 156 valence electrons. The fourth-order valence-electron chi connectivity index (χ4n) is 3.38. The van der Waals surface area contributed by atoms with E-state index in [2.05, 4.69) is 9.80 Å². The zero-order chi connectivity index (χ0) is 20.8. The van der Waals surface area contributed by atoms with Crippen LogP contribution in [0.4, 0.5) is 10.1 Å². The number of carbonyl (C=O) groups is 1. The number of aliphatic hydroxyl groups is 1. The van der Waals surface area contributed by atoms with Crippen molar-refractivity contribution in [3.63, 3.8) is 0 Å². The number of β-amino-alcohol motifs (C(OH)–C–C–N with tert-alkyl or cyclic N) is 1. The van der Waals surface area contributed by atoms with E-state index in [-0.39, 0.29) is 18.2 Å². The summed E-state index contributed by atoms with van der Waals surface area (Å²) in [5.41, 5.74) is 1.56. The van der Waals surface area contributed by atoms with E-state index in [1.807, 2.05) is 0 Å². The third-order valence-electron chi connectivity index (χ3n) is 5.03. The molecule has 29 heavy (non-hydrogen) atoms. The molecule has 3 rings (SSSR count). The van der Waals surface area contributed by atoms with Crippen molar-refractivity contribution < 1.29 is 23.8 Å². The van der Waals surface area contributed by atoms with Gasteiger partial charge in [0.25, 0.3) is 0 Å². The molecule has 1 fully saturated rings. The van der Waals surface area contributed by atoms with E-state index in [0.29, 0.717) is 23.6 Å². The lowest BCUT2D eigenvalue weighted by molar-refractivity contribution is 0.0653. The molecule has 0 bridgehead atoms. The molecule has 1 atom stereocenters. The van der Waals surface area contributed by atoms with Crippen LogP contribution in [0.5, 0.6) is 11.5 Å². The maximum absolute atomic E-state index is 13.1. The van der Waals surface area contributed by atoms with Crippen molar-refractivity contribution >= 4 is 11.5 Å². The molecule has 0 amide bonds. The molecule has 7 heteroatoms. The number of piperazine rings is 1. The molecule has 1 saturated heterocycles. The van der Waals surface area contributed by atoms with Gasteiger partial charge in [-0.1, -0.05) is 0 Å². The number of ether oxygens (including phenoxy) is 2. The van der Waals surface area contributed by atoms with Crippen LogP contribution in [0.3, 0.4) is 0 Å². The topological polar surface area (TPSA) is 62.2 Å². The van der Waals surface area contributed by atoms with Gasteiger partial charge in [0, 0.05) is 44.0 Å². The van der Waals surface area contributed by atoms with Crippen molar-refractivity contribution in [3.05, 3.63) is 53.8 Å². The number of hydrogen-bond acceptors (Lipinski definition) is 6. The van der Waals surface area contributed by atoms with Gasteiger partial charge in [-0.05, 0) is 49.4 Å². The van der Waals surface area contributed by atoms with Gasteiger partial charge < -0.3 is 19.5 Å². The van der Waals surface area contributed by atoms with Gasteiger partial charge in [0.05, 0.1) is 7.11 Å². The molecule has 0 spiro atoms. The summed E-state index contributed by atoms with van der Waals surface area (Å²) < 4.78 is 24.1. The van der Waals surface area contributed by atoms with Crippen LogP contribution in [0, 0.1) is 5.82 Å². The molecule has 1 heterocycles. The molecule has 1 unspecified atom stereocenters. The minimum Gasteiger partial charge on any atom is -0.493 e. The SMILES string of the molecule is COc1cc(C(C)=O)ccc1OCC(O)CN1CCN(c2ccc(F)cc2)CC1. The number of Topliss-reactive ketones (excluding diaryl/α,β-unsaturated/α-hetero) is 1. The molecule has 6 nitrogen and oxygen atoms in total. The average molecular weight is 402 g/mol. The number of anilines is 1. The number of benzene rings is 2. The van der Waals surface area contributed by atoms with Crippen LogP contribution in [0.1, 0.15) is 17.3 Å². The first-order valence-electron chi connectivity index (χ1n) is 9.69. The Morgan fingerprint density at radius 1 is 1.10 bits per heavy atom. The van der Waals surface area contributed by atoms with Crippen LogP contribution in [-0.2, 0) is 0 Å². The van der Waals surface area contributed by atoms with E-state index < -0.39 is 6.10 Å². The van der Waals surface area contributed by atoms with Crippen molar-refractivity contribution in [2.24, 2.45) is 0 Å². The van der Waals surface area contributed by atoms with Gasteiger partial charge >= 0.3 is 0 Å². The number of hydrogen-bond donors (Lipinski definition) is 1. The first kappa shape index (κ1) is 21.1. The second-order valence-corrected chi connectivity index (χ2v) is 7.15. The largest absolute Gasteiger partial charge is 0.493 e. The average Bonchev–Trinajstić information content (AvgIpc) is 2.73. The van der Waals surface area contributed by atoms with Gasteiger partial charge in [-0.25, -0.2) is 4.39 Å². The number of ketones is 1. The molecule has 1 N–H and O–H groups in total. The zero-order valence-corrected chi connectivity index (χ0v) is 16.8. The Balaban J connectivity index is 1.46. The van der Waals surface area contributed by atoms with Gasteiger partial charge in [-0.3, -0.25) is 9.69 Å². The summed E-state index contributed by atoms with van der Waals surface area (Å²) in [7, 11) is 1.52. The third kappa shape index (κ3) is 5.68. The maximum atomic E-state index is 13.1. The Bertz CT molecular complexity index is 820. The van der Waals surface area contributed by atoms with Gasteiger partial charge in [0.1, 0.15) is 18.5 Å². The Morgan fingerprint density at radius 2 is 1.79 bits per heavy atom. The van der Waals surface area contributed by atoms with Crippen molar-refractivity contribution in [2.45, 2.75) is 13.0 Å². The Labute approximate surface area is 170 Å². The Kier molecular flexibility index (Phi) is 7.06. The van der Waals surface area contributed by atoms with Crippen molar-refractivity contribution in [2.75, 3.05) is 51.3 Å². The van der Waals surface area contributed by atoms with Crippen LogP contribution in [0.25, 0.3) is 0 Å². The number of aliphatic hydroxyl groups excluding tert-OH is 1. The highest BCUT2D eigenvalue weighted by atomic mass is 19.1. The molecule has 0 radical (unpaired) electrons. The lowest BCUT2D eigenvalue weighted by Crippen LogP contribution is -2.49. The number of rotatable bonds is 8. The lowest BCUT2D eigenvalue weighted by Gasteiger charge is -2.36. The summed E-state index contributed by atoms with van der Waals surface area (Å²) in [6.45, 7) is 5.39. The van der Waals surface area contributed by atoms with Crippen LogP contribution in [0.15, 0.2) is 42.5 Å². The predicted molar refractivity (Wildman–Crippen MR) is 110 cm³/mol. The molecule has 1 aliphatic rings. The molecule has 0 aliphatic carbocycles. The van der Waals surface area contributed by atoms with Gasteiger partial charge in [0.15, 0.2) is 17.3 Å². The molecule has 2 aromatic carbocycles. The third-order valence-corrected chi connectivity index (χ3v) is 5.03. The van der Waals surface area contributed by atoms with Crippen molar-refractivity contribution in [3.8, 4) is 11.5 Å². The Hall–Kier alpha value is -2.64. The van der Waals surface area contributed by atoms with Crippen LogP contribution in [-0.4, -0.2) is 68.3 Å². The minimum absolute atomic E-state index is 0.0466. The Morgan fingerprint density at radius 3 is 2.41 bits per heavy atom. The van der Waals surface area contributed by atoms with Crippen LogP contribution < -0.4 is 14.4 Å². The van der Waals surface area contributed by atoms with Crippen molar-refractivity contribution in [1.82, 2.24) is 4.90 Å². The van der Waals surface area contributed by atoms with E-state index in [0.717, 1.165) is 31.9 Å². The quantitative estimate of drug-likeness (QED) is 0.685. The number of nitrogens with zero attached hydrogens (tertiary/aromatic N) is 2. The fourth-order valence-corrected chi connectivity index (χ4v) is 3.38. The highest BCUT2D eigenvalue weighted by molar-refractivity contribution is 5.94. The summed E-state index contributed by atoms with van der Waals surface area (Å²) >= 11 is 0. The second kappa shape index (κ2) is 9.71. The van der Waals surface area contributed by atoms with Crippen LogP contribution >= 0.6 is 0 Å². The monoisotopic (exact) mass is 402 g/mol. The van der Waals surface area contributed by atoms with Gasteiger partial charge in [-0.2, -0.15) is 0 Å². The minimum atomic E-state index is -0.649. The lowest BCUT2D eigenvalue weighted by atomic mass is 10.1. The zero-order valence-electron chi connectivity index (χ0n) is 16.8. The fraction of sp³-hybridized carbons (Fsp3) is 0.409. The predicted octanol–water partition coefficient (Wildman–Crippen LogP) is 2.60. The highest BCUT2D eigenvalue weighted by Gasteiger charge is 2.20. The van der Waals surface area contributed by atoms with E-state index in [1.54, 1.807) is 30.3 Å². The maximum Gasteiger partial charge on any atom is 0.161 e. The summed E-state index contributed by atoms with van der Waals surface area (Å²) in [6, 6.07) is 11.5. The van der Waals surface area contributed by atoms with Gasteiger partial charge in [0.2, 0.25) is 0 Å². The normalized spacial score (nSPS) is 15.8. The first-order chi connectivity index (χ1) is 14.0. The molecule has 0 saturated carbocycles. The number of methoxy groups -OCH3 is 1. The van der Waals surface area contributed by atoms with Crippen molar-refractivity contribution in [1.29, 1.82) is 0 Å². The summed E-state index contributed by atoms with van der Waals surface area (Å²) in [4.78, 5) is 15.9. The molecule has 1 aliphatic heterocycles. The molecular weight excluding hydrogens is 375 g/mol. The summed E-state index contributed by atoms with van der Waals surface area (Å²) in [5.74, 6) is 0.688. The van der Waals surface area contributed by atoms with E-state index in [1.165, 1.54) is 26.2 Å². The summed E-state index contributed by atoms with van der Waals surface area (Å²) in [5, 5.41) is 10.4. The van der Waals surface area contributed by atoms with Crippen LogP contribution in [0.2, 0.25) is 0 Å². The van der Waals surface area contributed by atoms with E-state index in [9.17, 15) is 14.3 Å². The highest BCUT2D eigenvalue weighted by Crippen LogP contribution is 2.28.